The lowest BCUT2D eigenvalue weighted by Crippen LogP contribution is -2.47. The summed E-state index contributed by atoms with van der Waals surface area (Å²) in [4.78, 5) is 18.3. The number of benzene rings is 1. The van der Waals surface area contributed by atoms with Gasteiger partial charge in [-0.3, -0.25) is 4.79 Å². The van der Waals surface area contributed by atoms with E-state index in [-0.39, 0.29) is 12.5 Å². The first-order chi connectivity index (χ1) is 13.4. The van der Waals surface area contributed by atoms with Gasteiger partial charge in [-0.25, -0.2) is 4.99 Å². The van der Waals surface area contributed by atoms with Crippen LogP contribution >= 0.6 is 0 Å². The first kappa shape index (κ1) is 22.1. The third-order valence-corrected chi connectivity index (χ3v) is 5.54. The molecular weight excluding hydrogens is 352 g/mol. The third kappa shape index (κ3) is 7.06. The van der Waals surface area contributed by atoms with Crippen molar-refractivity contribution in [2.24, 2.45) is 16.8 Å². The number of nitrogens with zero attached hydrogens (tertiary/aromatic N) is 2. The highest BCUT2D eigenvalue weighted by Gasteiger charge is 2.23. The molecule has 6 nitrogen and oxygen atoms in total. The fraction of sp³-hybridized carbons (Fsp3) is 0.636. The average Bonchev–Trinajstić information content (AvgIpc) is 2.70. The Bertz CT molecular complexity index is 632. The summed E-state index contributed by atoms with van der Waals surface area (Å²) < 4.78 is 5.21. The predicted octanol–water partition coefficient (Wildman–Crippen LogP) is 3.03. The van der Waals surface area contributed by atoms with Gasteiger partial charge in [-0.2, -0.15) is 0 Å². The van der Waals surface area contributed by atoms with E-state index in [4.69, 9.17) is 9.73 Å². The van der Waals surface area contributed by atoms with Crippen LogP contribution in [-0.2, 0) is 11.3 Å². The van der Waals surface area contributed by atoms with Crippen molar-refractivity contribution in [1.82, 2.24) is 15.5 Å². The molecule has 2 N–H and O–H groups in total. The van der Waals surface area contributed by atoms with Crippen molar-refractivity contribution in [3.8, 4) is 5.75 Å². The topological polar surface area (TPSA) is 66.0 Å². The fourth-order valence-electron chi connectivity index (χ4n) is 3.49. The number of ether oxygens (including phenoxy) is 1. The lowest BCUT2D eigenvalue weighted by Gasteiger charge is -2.32. The highest BCUT2D eigenvalue weighted by molar-refractivity contribution is 5.86. The standard InChI is InChI=1S/C22H36N4O2/c1-16(2)18-8-10-19(11-9-18)25-22(24-15-21(27)26(3)4)23-14-17-6-12-20(28-5)13-7-17/h6-7,12-13,16,18-19H,8-11,14-15H2,1-5H3,(H2,23,24,25). The molecule has 1 aliphatic rings. The van der Waals surface area contributed by atoms with Crippen molar-refractivity contribution in [2.45, 2.75) is 52.1 Å². The van der Waals surface area contributed by atoms with Crippen LogP contribution in [0.5, 0.6) is 5.75 Å². The quantitative estimate of drug-likeness (QED) is 0.557. The van der Waals surface area contributed by atoms with Gasteiger partial charge in [-0.05, 0) is 55.2 Å². The monoisotopic (exact) mass is 388 g/mol. The van der Waals surface area contributed by atoms with E-state index < -0.39 is 0 Å². The Morgan fingerprint density at radius 1 is 1.18 bits per heavy atom. The summed E-state index contributed by atoms with van der Waals surface area (Å²) in [5, 5.41) is 6.74. The van der Waals surface area contributed by atoms with Crippen molar-refractivity contribution in [2.75, 3.05) is 27.7 Å². The summed E-state index contributed by atoms with van der Waals surface area (Å²) in [7, 11) is 5.19. The maximum Gasteiger partial charge on any atom is 0.241 e. The molecule has 0 spiro atoms. The lowest BCUT2D eigenvalue weighted by atomic mass is 9.80. The van der Waals surface area contributed by atoms with Gasteiger partial charge in [0.2, 0.25) is 5.91 Å². The molecular formula is C22H36N4O2. The molecule has 0 atom stereocenters. The number of guanidine groups is 1. The van der Waals surface area contributed by atoms with Crippen molar-refractivity contribution >= 4 is 11.9 Å². The minimum absolute atomic E-state index is 0.0301. The van der Waals surface area contributed by atoms with E-state index in [1.807, 2.05) is 24.3 Å². The van der Waals surface area contributed by atoms with E-state index in [2.05, 4.69) is 24.5 Å². The summed E-state index contributed by atoms with van der Waals surface area (Å²) in [5.74, 6) is 3.14. The van der Waals surface area contributed by atoms with Crippen molar-refractivity contribution in [3.05, 3.63) is 29.8 Å². The van der Waals surface area contributed by atoms with E-state index >= 15 is 0 Å². The second-order valence-corrected chi connectivity index (χ2v) is 8.15. The van der Waals surface area contributed by atoms with Gasteiger partial charge < -0.3 is 20.3 Å². The molecule has 28 heavy (non-hydrogen) atoms. The Hall–Kier alpha value is -2.24. The summed E-state index contributed by atoms with van der Waals surface area (Å²) in [6.07, 6.45) is 4.79. The number of hydrogen-bond donors (Lipinski definition) is 2. The Kier molecular flexibility index (Phi) is 8.61. The second-order valence-electron chi connectivity index (χ2n) is 8.15. The van der Waals surface area contributed by atoms with Crippen LogP contribution in [0.3, 0.4) is 0 Å². The predicted molar refractivity (Wildman–Crippen MR) is 115 cm³/mol. The van der Waals surface area contributed by atoms with Crippen LogP contribution in [-0.4, -0.2) is 50.6 Å². The van der Waals surface area contributed by atoms with Gasteiger partial charge in [-0.1, -0.05) is 26.0 Å². The van der Waals surface area contributed by atoms with Crippen LogP contribution in [0.2, 0.25) is 0 Å². The van der Waals surface area contributed by atoms with Crippen LogP contribution in [0.1, 0.15) is 45.1 Å². The van der Waals surface area contributed by atoms with Gasteiger partial charge in [0.05, 0.1) is 20.2 Å². The first-order valence-electron chi connectivity index (χ1n) is 10.3. The zero-order chi connectivity index (χ0) is 20.5. The summed E-state index contributed by atoms with van der Waals surface area (Å²) >= 11 is 0. The minimum Gasteiger partial charge on any atom is -0.497 e. The number of carbonyl (C=O) groups is 1. The summed E-state index contributed by atoms with van der Waals surface area (Å²) in [5.41, 5.74) is 1.10. The molecule has 0 radical (unpaired) electrons. The van der Waals surface area contributed by atoms with Crippen molar-refractivity contribution in [3.63, 3.8) is 0 Å². The number of carbonyl (C=O) groups excluding carboxylic acids is 1. The smallest absolute Gasteiger partial charge is 0.241 e. The largest absolute Gasteiger partial charge is 0.497 e. The Morgan fingerprint density at radius 3 is 2.36 bits per heavy atom. The van der Waals surface area contributed by atoms with Crippen LogP contribution in [0.15, 0.2) is 29.3 Å². The Labute approximate surface area is 169 Å². The first-order valence-corrected chi connectivity index (χ1v) is 10.3. The maximum absolute atomic E-state index is 12.0. The van der Waals surface area contributed by atoms with Crippen LogP contribution < -0.4 is 15.4 Å². The van der Waals surface area contributed by atoms with Gasteiger partial charge in [0.15, 0.2) is 5.96 Å². The van der Waals surface area contributed by atoms with Gasteiger partial charge in [-0.15, -0.1) is 0 Å². The highest BCUT2D eigenvalue weighted by atomic mass is 16.5. The van der Waals surface area contributed by atoms with Crippen LogP contribution in [0.4, 0.5) is 0 Å². The molecule has 2 rings (SSSR count). The molecule has 0 unspecified atom stereocenters. The molecule has 1 aliphatic carbocycles. The third-order valence-electron chi connectivity index (χ3n) is 5.54. The average molecular weight is 389 g/mol. The number of methoxy groups -OCH3 is 1. The molecule has 0 heterocycles. The van der Waals surface area contributed by atoms with E-state index in [1.165, 1.54) is 12.8 Å². The van der Waals surface area contributed by atoms with Gasteiger partial charge in [0.25, 0.3) is 0 Å². The summed E-state index contributed by atoms with van der Waals surface area (Å²) in [6, 6.07) is 8.31. The van der Waals surface area contributed by atoms with E-state index in [0.717, 1.165) is 36.0 Å². The van der Waals surface area contributed by atoms with Gasteiger partial charge in [0.1, 0.15) is 5.75 Å². The number of hydrogen-bond acceptors (Lipinski definition) is 3. The SMILES string of the molecule is COc1ccc(CN=C(NCC(=O)N(C)C)NC2CCC(C(C)C)CC2)cc1. The zero-order valence-corrected chi connectivity index (χ0v) is 18.0. The molecule has 156 valence electrons. The summed E-state index contributed by atoms with van der Waals surface area (Å²) in [6.45, 7) is 5.42. The highest BCUT2D eigenvalue weighted by Crippen LogP contribution is 2.29. The van der Waals surface area contributed by atoms with E-state index in [0.29, 0.717) is 18.5 Å². The molecule has 1 aromatic rings. The minimum atomic E-state index is 0.0301. The fourth-order valence-corrected chi connectivity index (χ4v) is 3.49. The molecule has 0 aromatic heterocycles. The van der Waals surface area contributed by atoms with Gasteiger partial charge >= 0.3 is 0 Å². The lowest BCUT2D eigenvalue weighted by molar-refractivity contribution is -0.127. The number of rotatable bonds is 7. The molecule has 0 saturated heterocycles. The molecule has 0 bridgehead atoms. The number of likely N-dealkylation sites (N-methyl/N-ethyl adjacent to an activating group) is 1. The second kappa shape index (κ2) is 10.9. The molecule has 1 fully saturated rings. The van der Waals surface area contributed by atoms with E-state index in [9.17, 15) is 4.79 Å². The Balaban J connectivity index is 1.98. The number of amides is 1. The van der Waals surface area contributed by atoms with Gasteiger partial charge in [0, 0.05) is 20.1 Å². The molecule has 6 heteroatoms. The van der Waals surface area contributed by atoms with Crippen LogP contribution in [0.25, 0.3) is 0 Å². The number of nitrogens with one attached hydrogen (secondary N) is 2. The van der Waals surface area contributed by atoms with E-state index in [1.54, 1.807) is 26.1 Å². The molecule has 0 aliphatic heterocycles. The Morgan fingerprint density at radius 2 is 1.82 bits per heavy atom. The van der Waals surface area contributed by atoms with Crippen molar-refractivity contribution < 1.29 is 9.53 Å². The molecule has 1 aromatic carbocycles. The van der Waals surface area contributed by atoms with Crippen molar-refractivity contribution in [1.29, 1.82) is 0 Å². The number of aliphatic imine (C=N–C) groups is 1. The normalized spacial score (nSPS) is 20.0. The van der Waals surface area contributed by atoms with Crippen LogP contribution in [0, 0.1) is 11.8 Å². The maximum atomic E-state index is 12.0. The zero-order valence-electron chi connectivity index (χ0n) is 18.0. The molecule has 1 saturated carbocycles. The molecule has 1 amide bonds.